The predicted molar refractivity (Wildman–Crippen MR) is 88.5 cm³/mol. The Morgan fingerprint density at radius 1 is 1.00 bits per heavy atom. The molecule has 0 aliphatic carbocycles. The molecule has 1 amide bonds. The van der Waals surface area contributed by atoms with E-state index in [-0.39, 0.29) is 6.09 Å². The molecule has 23 heavy (non-hydrogen) atoms. The molecule has 0 radical (unpaired) electrons. The van der Waals surface area contributed by atoms with Gasteiger partial charge < -0.3 is 19.3 Å². The third kappa shape index (κ3) is 4.81. The van der Waals surface area contributed by atoms with Crippen LogP contribution >= 0.6 is 0 Å². The zero-order valence-electron chi connectivity index (χ0n) is 14.6. The second-order valence-electron chi connectivity index (χ2n) is 7.36. The van der Waals surface area contributed by atoms with Crippen LogP contribution in [0, 0.1) is 5.92 Å². The maximum atomic E-state index is 11.4. The molecule has 3 aliphatic rings. The monoisotopic (exact) mass is 325 g/mol. The average Bonchev–Trinajstić information content (AvgIpc) is 2.91. The molecule has 0 aromatic carbocycles. The highest BCUT2D eigenvalue weighted by atomic mass is 16.6. The first-order valence-corrected chi connectivity index (χ1v) is 9.12. The van der Waals surface area contributed by atoms with Crippen molar-refractivity contribution in [2.75, 3.05) is 59.0 Å². The number of carbonyl (C=O) groups is 1. The molecular weight excluding hydrogens is 294 g/mol. The normalized spacial score (nSPS) is 31.6. The molecule has 6 heteroatoms. The van der Waals surface area contributed by atoms with Gasteiger partial charge in [0.05, 0.1) is 18.8 Å². The maximum absolute atomic E-state index is 11.4. The fourth-order valence-electron chi connectivity index (χ4n) is 4.08. The Labute approximate surface area is 139 Å². The zero-order chi connectivity index (χ0) is 16.2. The summed E-state index contributed by atoms with van der Waals surface area (Å²) in [5, 5.41) is 0. The van der Waals surface area contributed by atoms with Gasteiger partial charge in [-0.05, 0) is 45.7 Å². The van der Waals surface area contributed by atoms with Crippen molar-refractivity contribution in [3.05, 3.63) is 0 Å². The van der Waals surface area contributed by atoms with Crippen LogP contribution in [0.25, 0.3) is 0 Å². The van der Waals surface area contributed by atoms with Crippen LogP contribution in [0.3, 0.4) is 0 Å². The van der Waals surface area contributed by atoms with Gasteiger partial charge in [0.15, 0.2) is 0 Å². The number of hydrogen-bond donors (Lipinski definition) is 0. The van der Waals surface area contributed by atoms with E-state index in [1.807, 2.05) is 4.90 Å². The molecule has 3 rings (SSSR count). The lowest BCUT2D eigenvalue weighted by Gasteiger charge is -2.39. The third-order valence-corrected chi connectivity index (χ3v) is 5.25. The average molecular weight is 325 g/mol. The fourth-order valence-corrected chi connectivity index (χ4v) is 4.08. The molecule has 3 heterocycles. The second-order valence-corrected chi connectivity index (χ2v) is 7.36. The topological polar surface area (TPSA) is 45.2 Å². The van der Waals surface area contributed by atoms with Crippen molar-refractivity contribution in [2.24, 2.45) is 5.92 Å². The number of ether oxygens (including phenoxy) is 2. The van der Waals surface area contributed by atoms with Gasteiger partial charge in [-0.15, -0.1) is 0 Å². The Balaban J connectivity index is 1.34. The first-order chi connectivity index (χ1) is 11.1. The van der Waals surface area contributed by atoms with Crippen LogP contribution < -0.4 is 0 Å². The van der Waals surface area contributed by atoms with Gasteiger partial charge in [0.1, 0.15) is 6.61 Å². The minimum atomic E-state index is -0.143. The van der Waals surface area contributed by atoms with Crippen LogP contribution in [-0.4, -0.2) is 92.0 Å². The van der Waals surface area contributed by atoms with Gasteiger partial charge in [0.2, 0.25) is 0 Å². The standard InChI is InChI=1S/C17H31N3O3/c1-14-11-19(12-15(2)23-14)13-16-3-5-18(6-4-16)7-8-20-9-10-22-17(20)21/h14-16H,3-13H2,1-2H3/t14-,15-/m1/s1. The molecule has 6 nitrogen and oxygen atoms in total. The molecule has 0 aromatic rings. The Kier molecular flexibility index (Phi) is 5.77. The van der Waals surface area contributed by atoms with Gasteiger partial charge in [-0.1, -0.05) is 0 Å². The first kappa shape index (κ1) is 17.0. The van der Waals surface area contributed by atoms with Crippen molar-refractivity contribution in [2.45, 2.75) is 38.9 Å². The highest BCUT2D eigenvalue weighted by Gasteiger charge is 2.27. The Bertz CT molecular complexity index is 389. The van der Waals surface area contributed by atoms with Crippen molar-refractivity contribution in [3.63, 3.8) is 0 Å². The smallest absolute Gasteiger partial charge is 0.409 e. The second kappa shape index (κ2) is 7.81. The van der Waals surface area contributed by atoms with Crippen LogP contribution in [0.5, 0.6) is 0 Å². The maximum Gasteiger partial charge on any atom is 0.409 e. The van der Waals surface area contributed by atoms with E-state index in [0.717, 1.165) is 51.7 Å². The number of nitrogens with zero attached hydrogens (tertiary/aromatic N) is 3. The zero-order valence-corrected chi connectivity index (χ0v) is 14.6. The van der Waals surface area contributed by atoms with E-state index < -0.39 is 0 Å². The van der Waals surface area contributed by atoms with Crippen LogP contribution in [0.15, 0.2) is 0 Å². The van der Waals surface area contributed by atoms with Crippen molar-refractivity contribution in [1.29, 1.82) is 0 Å². The van der Waals surface area contributed by atoms with Crippen LogP contribution in [0.2, 0.25) is 0 Å². The van der Waals surface area contributed by atoms with Crippen LogP contribution in [0.1, 0.15) is 26.7 Å². The largest absolute Gasteiger partial charge is 0.448 e. The highest BCUT2D eigenvalue weighted by molar-refractivity contribution is 5.69. The molecule has 3 fully saturated rings. The van der Waals surface area contributed by atoms with Gasteiger partial charge >= 0.3 is 6.09 Å². The van der Waals surface area contributed by atoms with Crippen molar-refractivity contribution >= 4 is 6.09 Å². The summed E-state index contributed by atoms with van der Waals surface area (Å²) in [6.07, 6.45) is 3.11. The molecule has 0 bridgehead atoms. The third-order valence-electron chi connectivity index (χ3n) is 5.25. The number of hydrogen-bond acceptors (Lipinski definition) is 5. The van der Waals surface area contributed by atoms with E-state index >= 15 is 0 Å². The Hall–Kier alpha value is -0.850. The number of amides is 1. The quantitative estimate of drug-likeness (QED) is 0.761. The highest BCUT2D eigenvalue weighted by Crippen LogP contribution is 2.21. The number of carbonyl (C=O) groups excluding carboxylic acids is 1. The Morgan fingerprint density at radius 2 is 1.70 bits per heavy atom. The number of likely N-dealkylation sites (tertiary alicyclic amines) is 1. The number of cyclic esters (lactones) is 1. The molecule has 2 atom stereocenters. The Morgan fingerprint density at radius 3 is 2.30 bits per heavy atom. The first-order valence-electron chi connectivity index (χ1n) is 9.12. The van der Waals surface area contributed by atoms with Crippen molar-refractivity contribution in [3.8, 4) is 0 Å². The van der Waals surface area contributed by atoms with E-state index in [1.54, 1.807) is 0 Å². The lowest BCUT2D eigenvalue weighted by atomic mass is 9.95. The molecule has 3 saturated heterocycles. The van der Waals surface area contributed by atoms with Crippen molar-refractivity contribution < 1.29 is 14.3 Å². The number of rotatable bonds is 5. The molecule has 0 unspecified atom stereocenters. The van der Waals surface area contributed by atoms with Crippen LogP contribution in [-0.2, 0) is 9.47 Å². The predicted octanol–water partition coefficient (Wildman–Crippen LogP) is 1.26. The van der Waals surface area contributed by atoms with E-state index in [9.17, 15) is 4.79 Å². The number of piperidine rings is 1. The summed E-state index contributed by atoms with van der Waals surface area (Å²) in [5.41, 5.74) is 0. The van der Waals surface area contributed by atoms with Gasteiger partial charge in [-0.2, -0.15) is 0 Å². The summed E-state index contributed by atoms with van der Waals surface area (Å²) in [6.45, 7) is 13.1. The van der Waals surface area contributed by atoms with E-state index in [4.69, 9.17) is 9.47 Å². The summed E-state index contributed by atoms with van der Waals surface area (Å²) in [7, 11) is 0. The minimum absolute atomic E-state index is 0.143. The van der Waals surface area contributed by atoms with E-state index in [1.165, 1.54) is 19.4 Å². The lowest BCUT2D eigenvalue weighted by Crippen LogP contribution is -2.48. The van der Waals surface area contributed by atoms with Crippen molar-refractivity contribution in [1.82, 2.24) is 14.7 Å². The lowest BCUT2D eigenvalue weighted by molar-refractivity contribution is -0.0731. The molecule has 0 spiro atoms. The summed E-state index contributed by atoms with van der Waals surface area (Å²) >= 11 is 0. The van der Waals surface area contributed by atoms with E-state index in [2.05, 4.69) is 23.6 Å². The van der Waals surface area contributed by atoms with Gasteiger partial charge in [0, 0.05) is 32.7 Å². The summed E-state index contributed by atoms with van der Waals surface area (Å²) in [4.78, 5) is 18.3. The van der Waals surface area contributed by atoms with E-state index in [0.29, 0.717) is 18.8 Å². The SMILES string of the molecule is C[C@@H]1CN(CC2CCN(CCN3CCOC3=O)CC2)C[C@@H](C)O1. The summed E-state index contributed by atoms with van der Waals surface area (Å²) in [5.74, 6) is 0.806. The molecular formula is C17H31N3O3. The molecule has 0 saturated carbocycles. The van der Waals surface area contributed by atoms with Gasteiger partial charge in [-0.3, -0.25) is 4.90 Å². The molecule has 0 aromatic heterocycles. The van der Waals surface area contributed by atoms with Gasteiger partial charge in [0.25, 0.3) is 0 Å². The minimum Gasteiger partial charge on any atom is -0.448 e. The van der Waals surface area contributed by atoms with Gasteiger partial charge in [-0.25, -0.2) is 4.79 Å². The summed E-state index contributed by atoms with van der Waals surface area (Å²) < 4.78 is 10.8. The molecule has 3 aliphatic heterocycles. The molecule has 0 N–H and O–H groups in total. The molecule has 132 valence electrons. The van der Waals surface area contributed by atoms with Crippen LogP contribution in [0.4, 0.5) is 4.79 Å². The number of morpholine rings is 1. The summed E-state index contributed by atoms with van der Waals surface area (Å²) in [6, 6.07) is 0. The fraction of sp³-hybridized carbons (Fsp3) is 0.941.